The Morgan fingerprint density at radius 1 is 1.08 bits per heavy atom. The van der Waals surface area contributed by atoms with Gasteiger partial charge in [-0.05, 0) is 49.9 Å². The van der Waals surface area contributed by atoms with E-state index in [-0.39, 0.29) is 5.60 Å². The van der Waals surface area contributed by atoms with Gasteiger partial charge in [0, 0.05) is 6.04 Å². The van der Waals surface area contributed by atoms with Crippen molar-refractivity contribution >= 4 is 0 Å². The molecule has 4 bridgehead atoms. The van der Waals surface area contributed by atoms with Crippen LogP contribution in [0.15, 0.2) is 0 Å². The number of hydrogen-bond acceptors (Lipinski definition) is 2. The summed E-state index contributed by atoms with van der Waals surface area (Å²) in [6, 6.07) is 0.404. The summed E-state index contributed by atoms with van der Waals surface area (Å²) >= 11 is 0. The van der Waals surface area contributed by atoms with Crippen LogP contribution in [0.5, 0.6) is 0 Å². The van der Waals surface area contributed by atoms with Gasteiger partial charge in [0.15, 0.2) is 0 Å². The van der Waals surface area contributed by atoms with E-state index in [1.807, 2.05) is 0 Å². The summed E-state index contributed by atoms with van der Waals surface area (Å²) in [5, 5.41) is 10.2. The minimum atomic E-state index is -0.299. The zero-order valence-electron chi connectivity index (χ0n) is 7.37. The van der Waals surface area contributed by atoms with Crippen LogP contribution in [0.4, 0.5) is 0 Å². The van der Waals surface area contributed by atoms with Crippen molar-refractivity contribution in [2.24, 2.45) is 23.5 Å². The third-order valence-corrected chi connectivity index (χ3v) is 4.31. The first-order valence-electron chi connectivity index (χ1n) is 5.14. The van der Waals surface area contributed by atoms with Crippen molar-refractivity contribution in [1.29, 1.82) is 0 Å². The topological polar surface area (TPSA) is 46.2 Å². The Kier molecular flexibility index (Phi) is 1.25. The second-order valence-corrected chi connectivity index (χ2v) is 5.27. The Bertz CT molecular complexity index is 200. The van der Waals surface area contributed by atoms with Crippen molar-refractivity contribution in [1.82, 2.24) is 0 Å². The predicted molar refractivity (Wildman–Crippen MR) is 46.5 cm³/mol. The lowest BCUT2D eigenvalue weighted by atomic mass is 9.52. The summed E-state index contributed by atoms with van der Waals surface area (Å²) in [7, 11) is 0. The van der Waals surface area contributed by atoms with Gasteiger partial charge in [0.05, 0.1) is 5.60 Å². The Balaban J connectivity index is 1.95. The van der Waals surface area contributed by atoms with Gasteiger partial charge in [0.1, 0.15) is 0 Å². The van der Waals surface area contributed by atoms with Gasteiger partial charge >= 0.3 is 0 Å². The molecule has 0 aromatic rings. The van der Waals surface area contributed by atoms with Crippen LogP contribution in [-0.2, 0) is 0 Å². The molecule has 5 atom stereocenters. The number of hydrogen-bond donors (Lipinski definition) is 2. The molecule has 3 N–H and O–H groups in total. The molecule has 68 valence electrons. The molecule has 0 aliphatic heterocycles. The summed E-state index contributed by atoms with van der Waals surface area (Å²) in [6.07, 6.45) is 5.62. The molecule has 2 nitrogen and oxygen atoms in total. The van der Waals surface area contributed by atoms with Gasteiger partial charge in [0.25, 0.3) is 0 Å². The molecule has 0 amide bonds. The maximum absolute atomic E-state index is 10.2. The van der Waals surface area contributed by atoms with Crippen molar-refractivity contribution in [3.05, 3.63) is 0 Å². The third-order valence-electron chi connectivity index (χ3n) is 4.31. The van der Waals surface area contributed by atoms with Crippen LogP contribution >= 0.6 is 0 Å². The molecule has 12 heavy (non-hydrogen) atoms. The van der Waals surface area contributed by atoms with Crippen LogP contribution in [0.1, 0.15) is 32.1 Å². The number of aliphatic hydroxyl groups is 1. The first-order valence-corrected chi connectivity index (χ1v) is 5.14. The summed E-state index contributed by atoms with van der Waals surface area (Å²) in [4.78, 5) is 0. The van der Waals surface area contributed by atoms with Gasteiger partial charge in [-0.1, -0.05) is 0 Å². The highest BCUT2D eigenvalue weighted by Crippen LogP contribution is 2.54. The molecule has 4 saturated carbocycles. The Hall–Kier alpha value is -0.0800. The predicted octanol–water partition coefficient (Wildman–Crippen LogP) is 0.885. The molecule has 0 saturated heterocycles. The van der Waals surface area contributed by atoms with E-state index < -0.39 is 0 Å². The van der Waals surface area contributed by atoms with Crippen LogP contribution in [-0.4, -0.2) is 16.7 Å². The van der Waals surface area contributed by atoms with E-state index in [2.05, 4.69) is 0 Å². The van der Waals surface area contributed by atoms with Gasteiger partial charge < -0.3 is 10.8 Å². The van der Waals surface area contributed by atoms with E-state index in [0.717, 1.165) is 25.2 Å². The number of nitrogens with two attached hydrogens (primary N) is 1. The van der Waals surface area contributed by atoms with E-state index >= 15 is 0 Å². The maximum atomic E-state index is 10.2. The van der Waals surface area contributed by atoms with E-state index in [1.165, 1.54) is 12.8 Å². The van der Waals surface area contributed by atoms with Crippen LogP contribution in [0, 0.1) is 17.8 Å². The second-order valence-electron chi connectivity index (χ2n) is 5.27. The van der Waals surface area contributed by atoms with Gasteiger partial charge in [0.2, 0.25) is 0 Å². The number of rotatable bonds is 0. The lowest BCUT2D eigenvalue weighted by Gasteiger charge is -2.57. The van der Waals surface area contributed by atoms with Crippen molar-refractivity contribution in [2.75, 3.05) is 0 Å². The van der Waals surface area contributed by atoms with Gasteiger partial charge in [-0.2, -0.15) is 0 Å². The second kappa shape index (κ2) is 2.05. The Morgan fingerprint density at radius 2 is 1.67 bits per heavy atom. The quantitative estimate of drug-likeness (QED) is 0.562. The smallest absolute Gasteiger partial charge is 0.0657 e. The molecule has 0 aromatic carbocycles. The molecule has 4 aliphatic carbocycles. The summed E-state index contributed by atoms with van der Waals surface area (Å²) in [6.45, 7) is 0. The minimum Gasteiger partial charge on any atom is -0.390 e. The van der Waals surface area contributed by atoms with Gasteiger partial charge in [-0.15, -0.1) is 0 Å². The minimum absolute atomic E-state index is 0.299. The van der Waals surface area contributed by atoms with E-state index in [0.29, 0.717) is 17.9 Å². The summed E-state index contributed by atoms with van der Waals surface area (Å²) < 4.78 is 0. The van der Waals surface area contributed by atoms with Crippen molar-refractivity contribution in [2.45, 2.75) is 43.7 Å². The molecule has 2 heteroatoms. The normalized spacial score (nSPS) is 62.5. The van der Waals surface area contributed by atoms with Crippen molar-refractivity contribution < 1.29 is 5.11 Å². The average Bonchev–Trinajstić information content (AvgIpc) is 1.96. The maximum Gasteiger partial charge on any atom is 0.0657 e. The molecule has 0 spiro atoms. The largest absolute Gasteiger partial charge is 0.390 e. The van der Waals surface area contributed by atoms with E-state index in [9.17, 15) is 5.11 Å². The van der Waals surface area contributed by atoms with Crippen LogP contribution in [0.25, 0.3) is 0 Å². The highest BCUT2D eigenvalue weighted by molar-refractivity contribution is 5.06. The Labute approximate surface area is 73.1 Å². The molecule has 0 heterocycles. The van der Waals surface area contributed by atoms with Crippen molar-refractivity contribution in [3.8, 4) is 0 Å². The van der Waals surface area contributed by atoms with Gasteiger partial charge in [-0.25, -0.2) is 0 Å². The molecular weight excluding hydrogens is 150 g/mol. The third kappa shape index (κ3) is 0.826. The van der Waals surface area contributed by atoms with E-state index in [1.54, 1.807) is 0 Å². The van der Waals surface area contributed by atoms with Gasteiger partial charge in [-0.3, -0.25) is 0 Å². The molecule has 0 radical (unpaired) electrons. The van der Waals surface area contributed by atoms with Crippen LogP contribution in [0.3, 0.4) is 0 Å². The highest BCUT2D eigenvalue weighted by atomic mass is 16.3. The summed E-state index contributed by atoms with van der Waals surface area (Å²) in [5.74, 6) is 2.08. The lowest BCUT2D eigenvalue weighted by Crippen LogP contribution is -2.59. The highest BCUT2D eigenvalue weighted by Gasteiger charge is 2.53. The first-order chi connectivity index (χ1) is 5.66. The zero-order chi connectivity index (χ0) is 8.34. The fourth-order valence-corrected chi connectivity index (χ4v) is 4.02. The molecule has 4 fully saturated rings. The average molecular weight is 167 g/mol. The van der Waals surface area contributed by atoms with Crippen molar-refractivity contribution in [3.63, 3.8) is 0 Å². The van der Waals surface area contributed by atoms with Crippen LogP contribution < -0.4 is 5.73 Å². The fourth-order valence-electron chi connectivity index (χ4n) is 4.02. The van der Waals surface area contributed by atoms with Crippen LogP contribution in [0.2, 0.25) is 0 Å². The Morgan fingerprint density at radius 3 is 2.17 bits per heavy atom. The SMILES string of the molecule is NC1C2C[C@H]3C[C@H]1CC(O)(C2)C3. The first kappa shape index (κ1) is 7.34. The molecule has 4 rings (SSSR count). The molecule has 3 unspecified atom stereocenters. The lowest BCUT2D eigenvalue weighted by molar-refractivity contribution is -0.132. The fraction of sp³-hybridized carbons (Fsp3) is 1.00. The summed E-state index contributed by atoms with van der Waals surface area (Å²) in [5.41, 5.74) is 5.82. The monoisotopic (exact) mass is 167 g/mol. The molecular formula is C10H17NO. The standard InChI is InChI=1S/C10H17NO/c11-9-7-1-6-2-8(9)5-10(12,3-6)4-7/h6-9,12H,1-5,11H2/t6-,7+,8?,9?,10?/m1/s1. The van der Waals surface area contributed by atoms with E-state index in [4.69, 9.17) is 5.73 Å². The molecule has 4 aliphatic rings. The zero-order valence-corrected chi connectivity index (χ0v) is 7.37. The molecule has 0 aromatic heterocycles.